The highest BCUT2D eigenvalue weighted by atomic mass is 32.2. The van der Waals surface area contributed by atoms with E-state index in [0.29, 0.717) is 18.0 Å². The van der Waals surface area contributed by atoms with Crippen molar-refractivity contribution in [1.29, 1.82) is 0 Å². The Balaban J connectivity index is 2.05. The minimum absolute atomic E-state index is 0.119. The van der Waals surface area contributed by atoms with Crippen LogP contribution in [0.15, 0.2) is 41.3 Å². The molecular weight excluding hydrogens is 346 g/mol. The zero-order valence-corrected chi connectivity index (χ0v) is 16.6. The topological polar surface area (TPSA) is 46.6 Å². The van der Waals surface area contributed by atoms with Crippen LogP contribution < -0.4 is 4.74 Å². The van der Waals surface area contributed by atoms with E-state index in [1.54, 1.807) is 16.4 Å². The van der Waals surface area contributed by atoms with Crippen molar-refractivity contribution in [2.45, 2.75) is 63.3 Å². The van der Waals surface area contributed by atoms with Crippen LogP contribution >= 0.6 is 0 Å². The molecule has 2 aromatic carbocycles. The van der Waals surface area contributed by atoms with Gasteiger partial charge in [0.2, 0.25) is 10.0 Å². The Morgan fingerprint density at radius 3 is 2.35 bits per heavy atom. The second-order valence-corrected chi connectivity index (χ2v) is 8.82. The lowest BCUT2D eigenvalue weighted by Gasteiger charge is -2.33. The van der Waals surface area contributed by atoms with E-state index in [9.17, 15) is 8.42 Å². The van der Waals surface area contributed by atoms with E-state index >= 15 is 0 Å². The quantitative estimate of drug-likeness (QED) is 0.686. The van der Waals surface area contributed by atoms with Crippen molar-refractivity contribution in [3.8, 4) is 5.75 Å². The summed E-state index contributed by atoms with van der Waals surface area (Å²) in [6.45, 7) is 5.13. The van der Waals surface area contributed by atoms with Gasteiger partial charge in [-0.05, 0) is 31.4 Å². The first-order valence-corrected chi connectivity index (χ1v) is 11.2. The molecule has 0 amide bonds. The summed E-state index contributed by atoms with van der Waals surface area (Å²) in [7, 11) is -3.54. The van der Waals surface area contributed by atoms with Crippen molar-refractivity contribution >= 4 is 20.8 Å². The molecule has 0 aliphatic heterocycles. The van der Waals surface area contributed by atoms with E-state index in [1.165, 1.54) is 6.42 Å². The van der Waals surface area contributed by atoms with E-state index in [4.69, 9.17) is 4.74 Å². The van der Waals surface area contributed by atoms with Gasteiger partial charge < -0.3 is 4.74 Å². The van der Waals surface area contributed by atoms with Crippen molar-refractivity contribution < 1.29 is 13.2 Å². The molecule has 1 aliphatic carbocycles. The third-order valence-electron chi connectivity index (χ3n) is 5.19. The highest BCUT2D eigenvalue weighted by Gasteiger charge is 2.32. The number of nitrogens with zero attached hydrogens (tertiary/aromatic N) is 1. The maximum Gasteiger partial charge on any atom is 0.243 e. The first-order valence-electron chi connectivity index (χ1n) is 9.76. The predicted octanol–water partition coefficient (Wildman–Crippen LogP) is 4.97. The SMILES string of the molecule is CCCOc1ccc(S(=O)(=O)N(CC)C2CCCCC2)c2ccccc12. The average Bonchev–Trinajstić information content (AvgIpc) is 2.67. The van der Waals surface area contributed by atoms with Gasteiger partial charge in [0.05, 0.1) is 11.5 Å². The summed E-state index contributed by atoms with van der Waals surface area (Å²) in [5.74, 6) is 0.752. The molecule has 1 aliphatic rings. The van der Waals surface area contributed by atoms with Crippen molar-refractivity contribution in [3.05, 3.63) is 36.4 Å². The molecule has 0 aromatic heterocycles. The third kappa shape index (κ3) is 3.74. The fraction of sp³-hybridized carbons (Fsp3) is 0.524. The van der Waals surface area contributed by atoms with E-state index < -0.39 is 10.0 Å². The number of hydrogen-bond acceptors (Lipinski definition) is 3. The lowest BCUT2D eigenvalue weighted by molar-refractivity contribution is 0.261. The van der Waals surface area contributed by atoms with Crippen molar-refractivity contribution in [2.24, 2.45) is 0 Å². The fourth-order valence-corrected chi connectivity index (χ4v) is 5.82. The number of ether oxygens (including phenoxy) is 1. The smallest absolute Gasteiger partial charge is 0.243 e. The summed E-state index contributed by atoms with van der Waals surface area (Å²) in [4.78, 5) is 0.393. The molecule has 3 rings (SSSR count). The molecule has 0 unspecified atom stereocenters. The van der Waals surface area contributed by atoms with Gasteiger partial charge in [0.15, 0.2) is 0 Å². The van der Waals surface area contributed by atoms with Gasteiger partial charge in [-0.15, -0.1) is 0 Å². The van der Waals surface area contributed by atoms with Crippen LogP contribution in [0.2, 0.25) is 0 Å². The summed E-state index contributed by atoms with van der Waals surface area (Å²) in [5, 5.41) is 1.61. The first kappa shape index (κ1) is 19.2. The summed E-state index contributed by atoms with van der Waals surface area (Å²) in [5.41, 5.74) is 0. The lowest BCUT2D eigenvalue weighted by Crippen LogP contribution is -2.41. The van der Waals surface area contributed by atoms with Gasteiger partial charge in [0.25, 0.3) is 0 Å². The van der Waals surface area contributed by atoms with Crippen molar-refractivity contribution in [3.63, 3.8) is 0 Å². The van der Waals surface area contributed by atoms with Gasteiger partial charge in [-0.1, -0.05) is 57.4 Å². The second-order valence-electron chi connectivity index (χ2n) is 6.96. The van der Waals surface area contributed by atoms with Crippen molar-refractivity contribution in [1.82, 2.24) is 4.31 Å². The van der Waals surface area contributed by atoms with Gasteiger partial charge >= 0.3 is 0 Å². The number of hydrogen-bond donors (Lipinski definition) is 0. The molecule has 1 fully saturated rings. The lowest BCUT2D eigenvalue weighted by atomic mass is 9.95. The van der Waals surface area contributed by atoms with Crippen molar-refractivity contribution in [2.75, 3.05) is 13.2 Å². The van der Waals surface area contributed by atoms with Gasteiger partial charge in [-0.3, -0.25) is 0 Å². The highest BCUT2D eigenvalue weighted by Crippen LogP contribution is 2.34. The normalized spacial score (nSPS) is 16.3. The Bertz CT molecular complexity index is 841. The van der Waals surface area contributed by atoms with Gasteiger partial charge in [-0.2, -0.15) is 4.31 Å². The molecule has 142 valence electrons. The molecule has 0 spiro atoms. The van der Waals surface area contributed by atoms with Crippen LogP contribution in [0.25, 0.3) is 10.8 Å². The van der Waals surface area contributed by atoms with Gasteiger partial charge in [0.1, 0.15) is 5.75 Å². The monoisotopic (exact) mass is 375 g/mol. The average molecular weight is 376 g/mol. The maximum absolute atomic E-state index is 13.5. The molecule has 4 nitrogen and oxygen atoms in total. The van der Waals surface area contributed by atoms with Crippen LogP contribution in [0.5, 0.6) is 5.75 Å². The molecule has 5 heteroatoms. The molecular formula is C21H29NO3S. The molecule has 0 saturated heterocycles. The first-order chi connectivity index (χ1) is 12.6. The van der Waals surface area contributed by atoms with Gasteiger partial charge in [0, 0.05) is 23.4 Å². The Morgan fingerprint density at radius 1 is 1.00 bits per heavy atom. The zero-order chi connectivity index (χ0) is 18.6. The standard InChI is InChI=1S/C21H29NO3S/c1-3-16-25-20-14-15-21(19-13-9-8-12-18(19)20)26(23,24)22(4-2)17-10-6-5-7-11-17/h8-9,12-15,17H,3-7,10-11,16H2,1-2H3. The Hall–Kier alpha value is -1.59. The van der Waals surface area contributed by atoms with E-state index in [2.05, 4.69) is 6.92 Å². The maximum atomic E-state index is 13.5. The molecule has 0 atom stereocenters. The zero-order valence-electron chi connectivity index (χ0n) is 15.8. The summed E-state index contributed by atoms with van der Waals surface area (Å²) < 4.78 is 34.5. The fourth-order valence-electron chi connectivity index (χ4n) is 3.93. The van der Waals surface area contributed by atoms with E-state index in [-0.39, 0.29) is 6.04 Å². The van der Waals surface area contributed by atoms with Crippen LogP contribution in [-0.4, -0.2) is 31.9 Å². The second kappa shape index (κ2) is 8.40. The molecule has 0 heterocycles. The summed E-state index contributed by atoms with van der Waals surface area (Å²) >= 11 is 0. The van der Waals surface area contributed by atoms with Crippen LogP contribution in [0.1, 0.15) is 52.4 Å². The molecule has 0 radical (unpaired) electrons. The van der Waals surface area contributed by atoms with E-state index in [1.807, 2.05) is 31.2 Å². The van der Waals surface area contributed by atoms with Crippen LogP contribution in [0.3, 0.4) is 0 Å². The van der Waals surface area contributed by atoms with Crippen LogP contribution in [-0.2, 0) is 10.0 Å². The number of fused-ring (bicyclic) bond motifs is 1. The molecule has 1 saturated carbocycles. The minimum atomic E-state index is -3.54. The number of rotatable bonds is 7. The molecule has 0 bridgehead atoms. The Morgan fingerprint density at radius 2 is 1.69 bits per heavy atom. The van der Waals surface area contributed by atoms with Gasteiger partial charge in [-0.25, -0.2) is 8.42 Å². The molecule has 2 aromatic rings. The third-order valence-corrected chi connectivity index (χ3v) is 7.27. The molecule has 26 heavy (non-hydrogen) atoms. The van der Waals surface area contributed by atoms with Crippen LogP contribution in [0, 0.1) is 0 Å². The number of sulfonamides is 1. The summed E-state index contributed by atoms with van der Waals surface area (Å²) in [6.07, 6.45) is 6.27. The highest BCUT2D eigenvalue weighted by molar-refractivity contribution is 7.89. The number of benzene rings is 2. The summed E-state index contributed by atoms with van der Waals surface area (Å²) in [6, 6.07) is 11.3. The molecule has 0 N–H and O–H groups in total. The Kier molecular flexibility index (Phi) is 6.20. The minimum Gasteiger partial charge on any atom is -0.493 e. The van der Waals surface area contributed by atoms with E-state index in [0.717, 1.165) is 48.6 Å². The largest absolute Gasteiger partial charge is 0.493 e. The van der Waals surface area contributed by atoms with Crippen LogP contribution in [0.4, 0.5) is 0 Å². The predicted molar refractivity (Wildman–Crippen MR) is 106 cm³/mol. The Labute approximate surface area is 157 Å².